The fraction of sp³-hybridized carbons (Fsp3) is 0.900. The quantitative estimate of drug-likeness (QED) is 0.655. The predicted octanol–water partition coefficient (Wildman–Crippen LogP) is 1.76. The molecule has 2 heteroatoms. The molecule has 0 heterocycles. The van der Waals surface area contributed by atoms with Gasteiger partial charge in [0.05, 0.1) is 6.10 Å². The number of aldehydes is 1. The Hall–Kier alpha value is -0.370. The Morgan fingerprint density at radius 1 is 1.33 bits per heavy atom. The van der Waals surface area contributed by atoms with Gasteiger partial charge in [-0.1, -0.05) is 26.2 Å². The van der Waals surface area contributed by atoms with E-state index in [1.807, 2.05) is 0 Å². The second kappa shape index (κ2) is 4.61. The first-order chi connectivity index (χ1) is 5.75. The van der Waals surface area contributed by atoms with Crippen molar-refractivity contribution in [2.24, 2.45) is 11.8 Å². The summed E-state index contributed by atoms with van der Waals surface area (Å²) in [5.41, 5.74) is 0. The van der Waals surface area contributed by atoms with Gasteiger partial charge in [-0.2, -0.15) is 0 Å². The maximum absolute atomic E-state index is 10.4. The van der Waals surface area contributed by atoms with Crippen molar-refractivity contribution in [2.45, 2.75) is 45.1 Å². The highest BCUT2D eigenvalue weighted by Crippen LogP contribution is 2.28. The van der Waals surface area contributed by atoms with Crippen molar-refractivity contribution >= 4 is 6.29 Å². The molecular formula is C10H18O2. The topological polar surface area (TPSA) is 37.3 Å². The van der Waals surface area contributed by atoms with Crippen LogP contribution in [0.3, 0.4) is 0 Å². The van der Waals surface area contributed by atoms with Crippen molar-refractivity contribution in [2.75, 3.05) is 0 Å². The molecule has 1 fully saturated rings. The number of hydrogen-bond donors (Lipinski definition) is 1. The Labute approximate surface area is 74.0 Å². The van der Waals surface area contributed by atoms with Gasteiger partial charge in [-0.3, -0.25) is 0 Å². The highest BCUT2D eigenvalue weighted by Gasteiger charge is 2.25. The van der Waals surface area contributed by atoms with E-state index in [-0.39, 0.29) is 5.92 Å². The Balaban J connectivity index is 2.38. The predicted molar refractivity (Wildman–Crippen MR) is 47.8 cm³/mol. The van der Waals surface area contributed by atoms with E-state index >= 15 is 0 Å². The molecule has 1 saturated carbocycles. The summed E-state index contributed by atoms with van der Waals surface area (Å²) in [6, 6.07) is 0. The van der Waals surface area contributed by atoms with Crippen LogP contribution in [0.2, 0.25) is 0 Å². The summed E-state index contributed by atoms with van der Waals surface area (Å²) in [6.07, 6.45) is 6.37. The van der Waals surface area contributed by atoms with E-state index < -0.39 is 6.10 Å². The minimum Gasteiger partial charge on any atom is -0.392 e. The lowest BCUT2D eigenvalue weighted by Gasteiger charge is -2.28. The third kappa shape index (κ3) is 2.31. The van der Waals surface area contributed by atoms with Crippen LogP contribution in [-0.4, -0.2) is 17.5 Å². The fourth-order valence-corrected chi connectivity index (χ4v) is 1.99. The standard InChI is InChI=1S/C10H18O2/c1-8(7-11)10(12)9-5-3-2-4-6-9/h7-10,12H,2-6H2,1H3. The van der Waals surface area contributed by atoms with Crippen LogP contribution >= 0.6 is 0 Å². The largest absolute Gasteiger partial charge is 0.392 e. The van der Waals surface area contributed by atoms with E-state index in [9.17, 15) is 9.90 Å². The number of carbonyl (C=O) groups is 1. The Morgan fingerprint density at radius 2 is 1.92 bits per heavy atom. The first-order valence-corrected chi connectivity index (χ1v) is 4.89. The van der Waals surface area contributed by atoms with Gasteiger partial charge in [0.2, 0.25) is 0 Å². The molecule has 0 amide bonds. The van der Waals surface area contributed by atoms with Crippen molar-refractivity contribution in [1.29, 1.82) is 0 Å². The monoisotopic (exact) mass is 170 g/mol. The van der Waals surface area contributed by atoms with Crippen LogP contribution in [0.15, 0.2) is 0 Å². The van der Waals surface area contributed by atoms with E-state index in [2.05, 4.69) is 0 Å². The zero-order valence-electron chi connectivity index (χ0n) is 7.70. The molecule has 70 valence electrons. The third-order valence-electron chi connectivity index (χ3n) is 2.89. The first kappa shape index (κ1) is 9.72. The molecule has 12 heavy (non-hydrogen) atoms. The lowest BCUT2D eigenvalue weighted by molar-refractivity contribution is -0.115. The summed E-state index contributed by atoms with van der Waals surface area (Å²) in [5, 5.41) is 9.71. The van der Waals surface area contributed by atoms with Gasteiger partial charge in [0.25, 0.3) is 0 Å². The fourth-order valence-electron chi connectivity index (χ4n) is 1.99. The molecule has 0 radical (unpaired) electrons. The van der Waals surface area contributed by atoms with Gasteiger partial charge in [-0.05, 0) is 18.8 Å². The molecular weight excluding hydrogens is 152 g/mol. The van der Waals surface area contributed by atoms with Crippen LogP contribution in [0.5, 0.6) is 0 Å². The molecule has 1 N–H and O–H groups in total. The van der Waals surface area contributed by atoms with Gasteiger partial charge in [0.15, 0.2) is 0 Å². The van der Waals surface area contributed by atoms with E-state index in [0.717, 1.165) is 19.1 Å². The molecule has 0 aromatic carbocycles. The summed E-state index contributed by atoms with van der Waals surface area (Å²) in [6.45, 7) is 1.80. The molecule has 1 rings (SSSR count). The van der Waals surface area contributed by atoms with Crippen molar-refractivity contribution in [1.82, 2.24) is 0 Å². The average Bonchev–Trinajstić information content (AvgIpc) is 2.17. The minimum absolute atomic E-state index is 0.187. The zero-order valence-corrected chi connectivity index (χ0v) is 7.70. The molecule has 2 unspecified atom stereocenters. The molecule has 0 aromatic heterocycles. The van der Waals surface area contributed by atoms with Crippen LogP contribution in [0.1, 0.15) is 39.0 Å². The van der Waals surface area contributed by atoms with Gasteiger partial charge in [-0.15, -0.1) is 0 Å². The normalized spacial score (nSPS) is 24.8. The Morgan fingerprint density at radius 3 is 2.42 bits per heavy atom. The zero-order chi connectivity index (χ0) is 8.97. The van der Waals surface area contributed by atoms with E-state index in [4.69, 9.17) is 0 Å². The molecule has 0 aromatic rings. The maximum atomic E-state index is 10.4. The average molecular weight is 170 g/mol. The number of aliphatic hydroxyl groups is 1. The molecule has 2 nitrogen and oxygen atoms in total. The minimum atomic E-state index is -0.400. The van der Waals surface area contributed by atoms with Gasteiger partial charge in [0.1, 0.15) is 6.29 Å². The molecule has 1 aliphatic carbocycles. The highest BCUT2D eigenvalue weighted by molar-refractivity contribution is 5.53. The Kier molecular flexibility index (Phi) is 3.73. The Bertz CT molecular complexity index is 139. The summed E-state index contributed by atoms with van der Waals surface area (Å²) in [7, 11) is 0. The van der Waals surface area contributed by atoms with E-state index in [1.165, 1.54) is 19.3 Å². The van der Waals surface area contributed by atoms with Crippen molar-refractivity contribution in [3.8, 4) is 0 Å². The maximum Gasteiger partial charge on any atom is 0.125 e. The second-order valence-electron chi connectivity index (χ2n) is 3.88. The van der Waals surface area contributed by atoms with Crippen LogP contribution in [0.4, 0.5) is 0 Å². The molecule has 0 saturated heterocycles. The number of hydrogen-bond acceptors (Lipinski definition) is 2. The number of carbonyl (C=O) groups excluding carboxylic acids is 1. The summed E-state index contributed by atoms with van der Waals surface area (Å²) >= 11 is 0. The van der Waals surface area contributed by atoms with Gasteiger partial charge < -0.3 is 9.90 Å². The van der Waals surface area contributed by atoms with Gasteiger partial charge >= 0.3 is 0 Å². The SMILES string of the molecule is CC(C=O)C(O)C1CCCCC1. The van der Waals surface area contributed by atoms with Crippen molar-refractivity contribution < 1.29 is 9.90 Å². The smallest absolute Gasteiger partial charge is 0.125 e. The lowest BCUT2D eigenvalue weighted by Crippen LogP contribution is -2.29. The van der Waals surface area contributed by atoms with Crippen LogP contribution in [-0.2, 0) is 4.79 Å². The molecule has 0 aliphatic heterocycles. The lowest BCUT2D eigenvalue weighted by atomic mass is 9.81. The second-order valence-corrected chi connectivity index (χ2v) is 3.88. The van der Waals surface area contributed by atoms with Crippen LogP contribution in [0.25, 0.3) is 0 Å². The third-order valence-corrected chi connectivity index (χ3v) is 2.89. The summed E-state index contributed by atoms with van der Waals surface area (Å²) in [5.74, 6) is 0.187. The first-order valence-electron chi connectivity index (χ1n) is 4.89. The molecule has 0 spiro atoms. The van der Waals surface area contributed by atoms with Crippen LogP contribution < -0.4 is 0 Å². The van der Waals surface area contributed by atoms with Crippen LogP contribution in [0, 0.1) is 11.8 Å². The van der Waals surface area contributed by atoms with E-state index in [1.54, 1.807) is 6.92 Å². The summed E-state index contributed by atoms with van der Waals surface area (Å²) in [4.78, 5) is 10.4. The van der Waals surface area contributed by atoms with Gasteiger partial charge in [-0.25, -0.2) is 0 Å². The molecule has 2 atom stereocenters. The van der Waals surface area contributed by atoms with Gasteiger partial charge in [0, 0.05) is 5.92 Å². The van der Waals surface area contributed by atoms with Crippen molar-refractivity contribution in [3.05, 3.63) is 0 Å². The molecule has 1 aliphatic rings. The van der Waals surface area contributed by atoms with Crippen molar-refractivity contribution in [3.63, 3.8) is 0 Å². The molecule has 0 bridgehead atoms. The summed E-state index contributed by atoms with van der Waals surface area (Å²) < 4.78 is 0. The number of aliphatic hydroxyl groups excluding tert-OH is 1. The highest BCUT2D eigenvalue weighted by atomic mass is 16.3. The number of rotatable bonds is 3. The van der Waals surface area contributed by atoms with E-state index in [0.29, 0.717) is 5.92 Å².